The number of hydrogen-bond donors (Lipinski definition) is 1. The Morgan fingerprint density at radius 1 is 1.19 bits per heavy atom. The third-order valence-corrected chi connectivity index (χ3v) is 3.30. The van der Waals surface area contributed by atoms with Crippen molar-refractivity contribution in [3.8, 4) is 5.75 Å². The van der Waals surface area contributed by atoms with Crippen LogP contribution in [-0.2, 0) is 11.3 Å². The minimum atomic E-state index is 0.177. The van der Waals surface area contributed by atoms with Crippen LogP contribution in [0.2, 0.25) is 0 Å². The molecule has 0 spiro atoms. The molecule has 0 bridgehead atoms. The third kappa shape index (κ3) is 5.94. The quantitative estimate of drug-likeness (QED) is 0.673. The molecule has 0 aliphatic carbocycles. The molecule has 0 aliphatic rings. The highest BCUT2D eigenvalue weighted by atomic mass is 16.5. The standard InChI is InChI=1S/C17H30N2O2/c1-6-19(7-2)16-9-8-15(13-18-10-11-20-5)12-17(16)21-14(3)4/h8-9,12,14,18H,6-7,10-11,13H2,1-5H3. The minimum Gasteiger partial charge on any atom is -0.489 e. The fourth-order valence-electron chi connectivity index (χ4n) is 2.25. The normalized spacial score (nSPS) is 11.0. The summed E-state index contributed by atoms with van der Waals surface area (Å²) in [5.41, 5.74) is 2.41. The van der Waals surface area contributed by atoms with Crippen LogP contribution >= 0.6 is 0 Å². The molecule has 0 unspecified atom stereocenters. The molecular formula is C17H30N2O2. The topological polar surface area (TPSA) is 33.7 Å². The van der Waals surface area contributed by atoms with Crippen LogP contribution in [0.3, 0.4) is 0 Å². The van der Waals surface area contributed by atoms with Gasteiger partial charge >= 0.3 is 0 Å². The molecule has 1 N–H and O–H groups in total. The second-order valence-corrected chi connectivity index (χ2v) is 5.31. The Morgan fingerprint density at radius 3 is 2.48 bits per heavy atom. The molecule has 1 aromatic rings. The lowest BCUT2D eigenvalue weighted by Crippen LogP contribution is -2.23. The van der Waals surface area contributed by atoms with Crippen molar-refractivity contribution in [2.45, 2.75) is 40.3 Å². The van der Waals surface area contributed by atoms with Crippen LogP contribution in [0.1, 0.15) is 33.3 Å². The van der Waals surface area contributed by atoms with Gasteiger partial charge < -0.3 is 19.7 Å². The van der Waals surface area contributed by atoms with Gasteiger partial charge in [0.25, 0.3) is 0 Å². The predicted octanol–water partition coefficient (Wildman–Crippen LogP) is 3.06. The zero-order valence-electron chi connectivity index (χ0n) is 14.1. The van der Waals surface area contributed by atoms with Gasteiger partial charge in [-0.05, 0) is 45.4 Å². The van der Waals surface area contributed by atoms with Crippen molar-refractivity contribution in [2.24, 2.45) is 0 Å². The molecule has 0 fully saturated rings. The van der Waals surface area contributed by atoms with Gasteiger partial charge in [-0.1, -0.05) is 6.07 Å². The van der Waals surface area contributed by atoms with E-state index in [0.717, 1.165) is 38.5 Å². The Balaban J connectivity index is 2.84. The van der Waals surface area contributed by atoms with Crippen molar-refractivity contribution >= 4 is 5.69 Å². The van der Waals surface area contributed by atoms with Crippen LogP contribution in [0.5, 0.6) is 5.75 Å². The first-order valence-corrected chi connectivity index (χ1v) is 7.86. The van der Waals surface area contributed by atoms with E-state index in [1.165, 1.54) is 11.3 Å². The second kappa shape index (κ2) is 9.64. The summed E-state index contributed by atoms with van der Waals surface area (Å²) in [7, 11) is 1.72. The van der Waals surface area contributed by atoms with Gasteiger partial charge in [0.15, 0.2) is 0 Å². The molecule has 0 aliphatic heterocycles. The van der Waals surface area contributed by atoms with Gasteiger partial charge in [-0.2, -0.15) is 0 Å². The molecule has 0 radical (unpaired) electrons. The highest BCUT2D eigenvalue weighted by Crippen LogP contribution is 2.30. The summed E-state index contributed by atoms with van der Waals surface area (Å²) >= 11 is 0. The molecule has 120 valence electrons. The molecule has 0 saturated heterocycles. The van der Waals surface area contributed by atoms with Crippen LogP contribution < -0.4 is 15.0 Å². The summed E-state index contributed by atoms with van der Waals surface area (Å²) in [6.07, 6.45) is 0.177. The Labute approximate surface area is 129 Å². The molecular weight excluding hydrogens is 264 g/mol. The molecule has 4 heteroatoms. The number of ether oxygens (including phenoxy) is 2. The maximum absolute atomic E-state index is 6.00. The number of methoxy groups -OCH3 is 1. The summed E-state index contributed by atoms with van der Waals surface area (Å²) in [5, 5.41) is 3.37. The first kappa shape index (κ1) is 17.8. The van der Waals surface area contributed by atoms with Crippen LogP contribution in [0.4, 0.5) is 5.69 Å². The van der Waals surface area contributed by atoms with Crippen LogP contribution in [-0.4, -0.2) is 39.5 Å². The molecule has 4 nitrogen and oxygen atoms in total. The zero-order valence-corrected chi connectivity index (χ0v) is 14.1. The van der Waals surface area contributed by atoms with Crippen molar-refractivity contribution < 1.29 is 9.47 Å². The Morgan fingerprint density at radius 2 is 1.90 bits per heavy atom. The number of nitrogens with one attached hydrogen (secondary N) is 1. The monoisotopic (exact) mass is 294 g/mol. The molecule has 0 aromatic heterocycles. The lowest BCUT2D eigenvalue weighted by atomic mass is 10.1. The molecule has 0 atom stereocenters. The van der Waals surface area contributed by atoms with Gasteiger partial charge in [0.05, 0.1) is 18.4 Å². The number of nitrogens with zero attached hydrogens (tertiary/aromatic N) is 1. The van der Waals surface area contributed by atoms with Gasteiger partial charge in [0.2, 0.25) is 0 Å². The number of benzene rings is 1. The van der Waals surface area contributed by atoms with Crippen molar-refractivity contribution in [1.82, 2.24) is 5.32 Å². The van der Waals surface area contributed by atoms with Crippen LogP contribution in [0.15, 0.2) is 18.2 Å². The molecule has 0 saturated carbocycles. The minimum absolute atomic E-state index is 0.177. The summed E-state index contributed by atoms with van der Waals surface area (Å²) in [5.74, 6) is 0.972. The van der Waals surface area contributed by atoms with Gasteiger partial charge in [-0.15, -0.1) is 0 Å². The summed E-state index contributed by atoms with van der Waals surface area (Å²) in [4.78, 5) is 2.32. The van der Waals surface area contributed by atoms with Crippen LogP contribution in [0, 0.1) is 0 Å². The zero-order chi connectivity index (χ0) is 15.7. The highest BCUT2D eigenvalue weighted by Gasteiger charge is 2.11. The van der Waals surface area contributed by atoms with Crippen molar-refractivity contribution in [1.29, 1.82) is 0 Å². The highest BCUT2D eigenvalue weighted by molar-refractivity contribution is 5.59. The molecule has 1 rings (SSSR count). The second-order valence-electron chi connectivity index (χ2n) is 5.31. The van der Waals surface area contributed by atoms with E-state index in [2.05, 4.69) is 56.1 Å². The molecule has 0 heterocycles. The van der Waals surface area contributed by atoms with Gasteiger partial charge in [-0.25, -0.2) is 0 Å². The van der Waals surface area contributed by atoms with E-state index >= 15 is 0 Å². The van der Waals surface area contributed by atoms with E-state index in [9.17, 15) is 0 Å². The number of hydrogen-bond acceptors (Lipinski definition) is 4. The van der Waals surface area contributed by atoms with E-state index in [4.69, 9.17) is 9.47 Å². The molecule has 21 heavy (non-hydrogen) atoms. The van der Waals surface area contributed by atoms with Crippen molar-refractivity contribution in [3.05, 3.63) is 23.8 Å². The largest absolute Gasteiger partial charge is 0.489 e. The van der Waals surface area contributed by atoms with E-state index in [1.54, 1.807) is 7.11 Å². The fraction of sp³-hybridized carbons (Fsp3) is 0.647. The smallest absolute Gasteiger partial charge is 0.143 e. The summed E-state index contributed by atoms with van der Waals surface area (Å²) in [6, 6.07) is 6.48. The lowest BCUT2D eigenvalue weighted by molar-refractivity contribution is 0.199. The Kier molecular flexibility index (Phi) is 8.16. The third-order valence-electron chi connectivity index (χ3n) is 3.30. The van der Waals surface area contributed by atoms with Crippen molar-refractivity contribution in [2.75, 3.05) is 38.3 Å². The van der Waals surface area contributed by atoms with E-state index in [-0.39, 0.29) is 6.10 Å². The van der Waals surface area contributed by atoms with Gasteiger partial charge in [-0.3, -0.25) is 0 Å². The SMILES string of the molecule is CCN(CC)c1ccc(CNCCOC)cc1OC(C)C. The average Bonchev–Trinajstić information content (AvgIpc) is 2.46. The lowest BCUT2D eigenvalue weighted by Gasteiger charge is -2.25. The fourth-order valence-corrected chi connectivity index (χ4v) is 2.25. The number of rotatable bonds is 10. The van der Waals surface area contributed by atoms with Gasteiger partial charge in [0, 0.05) is 33.3 Å². The first-order valence-electron chi connectivity index (χ1n) is 7.86. The van der Waals surface area contributed by atoms with Gasteiger partial charge in [0.1, 0.15) is 5.75 Å². The summed E-state index contributed by atoms with van der Waals surface area (Å²) < 4.78 is 11.0. The van der Waals surface area contributed by atoms with E-state index in [1.807, 2.05) is 0 Å². The van der Waals surface area contributed by atoms with Crippen molar-refractivity contribution in [3.63, 3.8) is 0 Å². The Bertz CT molecular complexity index is 404. The van der Waals surface area contributed by atoms with E-state index in [0.29, 0.717) is 0 Å². The maximum Gasteiger partial charge on any atom is 0.143 e. The van der Waals surface area contributed by atoms with Crippen LogP contribution in [0.25, 0.3) is 0 Å². The number of anilines is 1. The molecule has 1 aromatic carbocycles. The Hall–Kier alpha value is -1.26. The molecule has 0 amide bonds. The predicted molar refractivity (Wildman–Crippen MR) is 89.3 cm³/mol. The first-order chi connectivity index (χ1) is 10.1. The summed E-state index contributed by atoms with van der Waals surface area (Å²) in [6.45, 7) is 12.8. The van der Waals surface area contributed by atoms with E-state index < -0.39 is 0 Å². The maximum atomic E-state index is 6.00. The average molecular weight is 294 g/mol.